The molecule has 122 valence electrons. The first kappa shape index (κ1) is 15.6. The van der Waals surface area contributed by atoms with E-state index >= 15 is 0 Å². The number of piperazine rings is 1. The van der Waals surface area contributed by atoms with Gasteiger partial charge in [-0.1, -0.05) is 6.92 Å². The van der Waals surface area contributed by atoms with E-state index in [0.717, 1.165) is 57.3 Å². The second kappa shape index (κ2) is 6.86. The van der Waals surface area contributed by atoms with Gasteiger partial charge in [0.2, 0.25) is 0 Å². The molecule has 1 atom stereocenters. The molecule has 5 heteroatoms. The van der Waals surface area contributed by atoms with Crippen molar-refractivity contribution >= 4 is 0 Å². The Kier molecular flexibility index (Phi) is 4.86. The SMILES string of the molecule is CCN1CCN([C@H]2CNCc3cc(OC)c(OC)cc32)CC1. The van der Waals surface area contributed by atoms with Gasteiger partial charge in [0.1, 0.15) is 0 Å². The fraction of sp³-hybridized carbons (Fsp3) is 0.647. The highest BCUT2D eigenvalue weighted by molar-refractivity contribution is 5.49. The zero-order valence-electron chi connectivity index (χ0n) is 13.9. The van der Waals surface area contributed by atoms with Crippen LogP contribution in [0.25, 0.3) is 0 Å². The molecular weight excluding hydrogens is 278 g/mol. The van der Waals surface area contributed by atoms with Crippen LogP contribution >= 0.6 is 0 Å². The maximum absolute atomic E-state index is 5.50. The molecule has 0 aromatic heterocycles. The minimum absolute atomic E-state index is 0.433. The molecular formula is C17H27N3O2. The van der Waals surface area contributed by atoms with Crippen LogP contribution in [0.15, 0.2) is 12.1 Å². The lowest BCUT2D eigenvalue weighted by atomic mass is 9.94. The molecule has 0 spiro atoms. The van der Waals surface area contributed by atoms with Crippen LogP contribution in [0.3, 0.4) is 0 Å². The third kappa shape index (κ3) is 2.93. The Morgan fingerprint density at radius 1 is 1.09 bits per heavy atom. The van der Waals surface area contributed by atoms with Crippen molar-refractivity contribution in [3.8, 4) is 11.5 Å². The second-order valence-electron chi connectivity index (χ2n) is 6.02. The first-order valence-corrected chi connectivity index (χ1v) is 8.18. The van der Waals surface area contributed by atoms with Crippen LogP contribution < -0.4 is 14.8 Å². The summed E-state index contributed by atoms with van der Waals surface area (Å²) in [6, 6.07) is 4.73. The number of nitrogens with one attached hydrogen (secondary N) is 1. The van der Waals surface area contributed by atoms with Crippen molar-refractivity contribution in [3.05, 3.63) is 23.3 Å². The predicted octanol–water partition coefficient (Wildman–Crippen LogP) is 1.49. The molecule has 1 N–H and O–H groups in total. The van der Waals surface area contributed by atoms with Gasteiger partial charge in [0.05, 0.1) is 14.2 Å². The molecule has 0 amide bonds. The zero-order chi connectivity index (χ0) is 15.5. The summed E-state index contributed by atoms with van der Waals surface area (Å²) in [4.78, 5) is 5.12. The average Bonchev–Trinajstić information content (AvgIpc) is 2.60. The van der Waals surface area contributed by atoms with E-state index < -0.39 is 0 Å². The highest BCUT2D eigenvalue weighted by Crippen LogP contribution is 2.36. The zero-order valence-corrected chi connectivity index (χ0v) is 13.9. The molecule has 2 heterocycles. The van der Waals surface area contributed by atoms with Crippen LogP contribution in [-0.2, 0) is 6.54 Å². The van der Waals surface area contributed by atoms with E-state index in [9.17, 15) is 0 Å². The van der Waals surface area contributed by atoms with Crippen LogP contribution in [0.1, 0.15) is 24.1 Å². The van der Waals surface area contributed by atoms with Crippen molar-refractivity contribution < 1.29 is 9.47 Å². The van der Waals surface area contributed by atoms with Gasteiger partial charge in [0.15, 0.2) is 11.5 Å². The van der Waals surface area contributed by atoms with Gasteiger partial charge in [0.25, 0.3) is 0 Å². The number of benzene rings is 1. The van der Waals surface area contributed by atoms with Gasteiger partial charge in [-0.25, -0.2) is 0 Å². The number of ether oxygens (including phenoxy) is 2. The summed E-state index contributed by atoms with van der Waals surface area (Å²) in [6.45, 7) is 9.89. The topological polar surface area (TPSA) is 37.0 Å². The highest BCUT2D eigenvalue weighted by atomic mass is 16.5. The first-order valence-electron chi connectivity index (χ1n) is 8.18. The van der Waals surface area contributed by atoms with E-state index in [1.165, 1.54) is 11.1 Å². The third-order valence-electron chi connectivity index (χ3n) is 4.95. The quantitative estimate of drug-likeness (QED) is 0.912. The average molecular weight is 305 g/mol. The summed E-state index contributed by atoms with van der Waals surface area (Å²) in [6.07, 6.45) is 0. The van der Waals surface area contributed by atoms with Gasteiger partial charge in [-0.3, -0.25) is 4.90 Å². The fourth-order valence-electron chi connectivity index (χ4n) is 3.57. The van der Waals surface area contributed by atoms with Crippen molar-refractivity contribution in [2.24, 2.45) is 0 Å². The molecule has 1 fully saturated rings. The molecule has 0 aliphatic carbocycles. The minimum atomic E-state index is 0.433. The number of methoxy groups -OCH3 is 2. The Morgan fingerprint density at radius 3 is 2.41 bits per heavy atom. The summed E-state index contributed by atoms with van der Waals surface area (Å²) in [5.41, 5.74) is 2.72. The van der Waals surface area contributed by atoms with Crippen molar-refractivity contribution in [2.45, 2.75) is 19.5 Å². The number of fused-ring (bicyclic) bond motifs is 1. The lowest BCUT2D eigenvalue weighted by Gasteiger charge is -2.41. The minimum Gasteiger partial charge on any atom is -0.493 e. The van der Waals surface area contributed by atoms with Crippen molar-refractivity contribution in [1.29, 1.82) is 0 Å². The molecule has 1 saturated heterocycles. The predicted molar refractivity (Wildman–Crippen MR) is 87.7 cm³/mol. The standard InChI is InChI=1S/C17H27N3O2/c1-4-19-5-7-20(8-6-19)15-12-18-11-13-9-16(21-2)17(22-3)10-14(13)15/h9-10,15,18H,4-8,11-12H2,1-3H3/t15-/m0/s1. The molecule has 0 bridgehead atoms. The van der Waals surface area contributed by atoms with Gasteiger partial charge in [-0.05, 0) is 29.8 Å². The number of hydrogen-bond donors (Lipinski definition) is 1. The lowest BCUT2D eigenvalue weighted by molar-refractivity contribution is 0.0947. The molecule has 1 aromatic carbocycles. The summed E-state index contributed by atoms with van der Waals surface area (Å²) < 4.78 is 10.9. The van der Waals surface area contributed by atoms with Gasteiger partial charge in [-0.2, -0.15) is 0 Å². The summed E-state index contributed by atoms with van der Waals surface area (Å²) in [5.74, 6) is 1.65. The maximum atomic E-state index is 5.50. The molecule has 1 aromatic rings. The van der Waals surface area contributed by atoms with E-state index in [0.29, 0.717) is 6.04 Å². The Labute approximate surface area is 133 Å². The van der Waals surface area contributed by atoms with Crippen LogP contribution in [0.4, 0.5) is 0 Å². The molecule has 22 heavy (non-hydrogen) atoms. The summed E-state index contributed by atoms with van der Waals surface area (Å²) in [5, 5.41) is 3.55. The Morgan fingerprint density at radius 2 is 1.77 bits per heavy atom. The second-order valence-corrected chi connectivity index (χ2v) is 6.02. The number of nitrogens with zero attached hydrogens (tertiary/aromatic N) is 2. The van der Waals surface area contributed by atoms with Crippen molar-refractivity contribution in [2.75, 3.05) is 53.5 Å². The lowest BCUT2D eigenvalue weighted by Crippen LogP contribution is -2.50. The van der Waals surface area contributed by atoms with Crippen LogP contribution in [0.2, 0.25) is 0 Å². The molecule has 3 rings (SSSR count). The maximum Gasteiger partial charge on any atom is 0.161 e. The van der Waals surface area contributed by atoms with Crippen molar-refractivity contribution in [1.82, 2.24) is 15.1 Å². The van der Waals surface area contributed by atoms with Crippen molar-refractivity contribution in [3.63, 3.8) is 0 Å². The monoisotopic (exact) mass is 305 g/mol. The molecule has 2 aliphatic rings. The molecule has 0 radical (unpaired) electrons. The Bertz CT molecular complexity index is 513. The Balaban J connectivity index is 1.84. The molecule has 0 unspecified atom stereocenters. The van der Waals surface area contributed by atoms with Gasteiger partial charge < -0.3 is 19.7 Å². The summed E-state index contributed by atoms with van der Waals surface area (Å²) >= 11 is 0. The van der Waals surface area contributed by atoms with Crippen LogP contribution in [-0.4, -0.2) is 63.3 Å². The Hall–Kier alpha value is -1.30. The highest BCUT2D eigenvalue weighted by Gasteiger charge is 2.29. The molecule has 5 nitrogen and oxygen atoms in total. The largest absolute Gasteiger partial charge is 0.493 e. The molecule has 2 aliphatic heterocycles. The first-order chi connectivity index (χ1) is 10.8. The number of hydrogen-bond acceptors (Lipinski definition) is 5. The van der Waals surface area contributed by atoms with E-state index in [1.807, 2.05) is 0 Å². The number of rotatable bonds is 4. The van der Waals surface area contributed by atoms with Crippen LogP contribution in [0.5, 0.6) is 11.5 Å². The third-order valence-corrected chi connectivity index (χ3v) is 4.95. The van der Waals surface area contributed by atoms with Gasteiger partial charge >= 0.3 is 0 Å². The van der Waals surface area contributed by atoms with Gasteiger partial charge in [0, 0.05) is 45.3 Å². The van der Waals surface area contributed by atoms with Gasteiger partial charge in [-0.15, -0.1) is 0 Å². The van der Waals surface area contributed by atoms with E-state index in [4.69, 9.17) is 9.47 Å². The molecule has 0 saturated carbocycles. The number of likely N-dealkylation sites (N-methyl/N-ethyl adjacent to an activating group) is 1. The van der Waals surface area contributed by atoms with E-state index in [-0.39, 0.29) is 0 Å². The van der Waals surface area contributed by atoms with Crippen LogP contribution in [0, 0.1) is 0 Å². The van der Waals surface area contributed by atoms with E-state index in [1.54, 1.807) is 14.2 Å². The summed E-state index contributed by atoms with van der Waals surface area (Å²) in [7, 11) is 3.41. The van der Waals surface area contributed by atoms with E-state index in [2.05, 4.69) is 34.2 Å². The normalized spacial score (nSPS) is 23.1. The fourth-order valence-corrected chi connectivity index (χ4v) is 3.57. The smallest absolute Gasteiger partial charge is 0.161 e.